The molecule has 1 saturated heterocycles. The molecule has 0 spiro atoms. The second-order valence-corrected chi connectivity index (χ2v) is 9.37. The number of ether oxygens (including phenoxy) is 1. The number of nitrogens with zero attached hydrogens (tertiary/aromatic N) is 2. The van der Waals surface area contributed by atoms with E-state index in [9.17, 15) is 9.18 Å². The van der Waals surface area contributed by atoms with Crippen molar-refractivity contribution in [2.24, 2.45) is 0 Å². The molecule has 0 saturated carbocycles. The number of carbonyl (C=O) groups is 1. The average Bonchev–Trinajstić information content (AvgIpc) is 2.76. The van der Waals surface area contributed by atoms with Crippen LogP contribution in [0, 0.1) is 32.4 Å². The van der Waals surface area contributed by atoms with E-state index in [0.717, 1.165) is 17.0 Å². The highest BCUT2D eigenvalue weighted by molar-refractivity contribution is 5.95. The first-order valence-electron chi connectivity index (χ1n) is 11.8. The van der Waals surface area contributed by atoms with Gasteiger partial charge < -0.3 is 15.0 Å². The van der Waals surface area contributed by atoms with Gasteiger partial charge in [0.2, 0.25) is 0 Å². The molecule has 1 fully saturated rings. The number of morpholine rings is 1. The van der Waals surface area contributed by atoms with Crippen molar-refractivity contribution in [3.8, 4) is 11.1 Å². The summed E-state index contributed by atoms with van der Waals surface area (Å²) in [6, 6.07) is 11.5. The fourth-order valence-corrected chi connectivity index (χ4v) is 4.81. The Hall–Kier alpha value is -3.32. The molecular weight excluding hydrogens is 448 g/mol. The minimum Gasteiger partial charge on any atom is -0.372 e. The van der Waals surface area contributed by atoms with E-state index in [4.69, 9.17) is 4.74 Å². The van der Waals surface area contributed by atoms with Crippen molar-refractivity contribution in [3.05, 3.63) is 82.2 Å². The molecule has 1 N–H and O–H groups in total. The number of aromatic nitrogens is 1. The van der Waals surface area contributed by atoms with Gasteiger partial charge in [-0.3, -0.25) is 9.78 Å². The molecule has 3 aromatic rings. The van der Waals surface area contributed by atoms with E-state index in [-0.39, 0.29) is 30.5 Å². The SMILES string of the molecule is Cc1cc(-c2ccc(N3CC(C)OC(C)C3)c(F)c2CNC(=O)c2ccc(F)cc2C)cc(C)n1. The van der Waals surface area contributed by atoms with Crippen molar-refractivity contribution in [2.45, 2.75) is 53.4 Å². The van der Waals surface area contributed by atoms with Gasteiger partial charge in [-0.2, -0.15) is 0 Å². The summed E-state index contributed by atoms with van der Waals surface area (Å²) in [5.41, 5.74) is 4.96. The fourth-order valence-electron chi connectivity index (χ4n) is 4.81. The summed E-state index contributed by atoms with van der Waals surface area (Å²) in [4.78, 5) is 19.3. The number of aryl methyl sites for hydroxylation is 3. The summed E-state index contributed by atoms with van der Waals surface area (Å²) >= 11 is 0. The first-order chi connectivity index (χ1) is 16.6. The van der Waals surface area contributed by atoms with Crippen LogP contribution in [-0.2, 0) is 11.3 Å². The van der Waals surface area contributed by atoms with Crippen LogP contribution in [0.5, 0.6) is 0 Å². The number of hydrogen-bond acceptors (Lipinski definition) is 4. The van der Waals surface area contributed by atoms with Crippen molar-refractivity contribution in [1.82, 2.24) is 10.3 Å². The third kappa shape index (κ3) is 5.51. The lowest BCUT2D eigenvalue weighted by Crippen LogP contribution is -2.46. The Morgan fingerprint density at radius 1 is 1.03 bits per heavy atom. The Bertz CT molecular complexity index is 1230. The summed E-state index contributed by atoms with van der Waals surface area (Å²) in [6.07, 6.45) is -0.0409. The molecule has 2 aromatic carbocycles. The number of rotatable bonds is 5. The monoisotopic (exact) mass is 479 g/mol. The highest BCUT2D eigenvalue weighted by atomic mass is 19.1. The molecule has 1 aromatic heterocycles. The quantitative estimate of drug-likeness (QED) is 0.525. The van der Waals surface area contributed by atoms with Gasteiger partial charge in [0.15, 0.2) is 5.82 Å². The van der Waals surface area contributed by atoms with Gasteiger partial charge in [-0.15, -0.1) is 0 Å². The molecule has 35 heavy (non-hydrogen) atoms. The van der Waals surface area contributed by atoms with Crippen molar-refractivity contribution in [1.29, 1.82) is 0 Å². The number of halogens is 2. The lowest BCUT2D eigenvalue weighted by atomic mass is 9.96. The average molecular weight is 480 g/mol. The summed E-state index contributed by atoms with van der Waals surface area (Å²) < 4.78 is 35.5. The molecule has 1 aliphatic heterocycles. The normalized spacial score (nSPS) is 18.0. The maximum Gasteiger partial charge on any atom is 0.251 e. The van der Waals surface area contributed by atoms with Crippen LogP contribution in [0.2, 0.25) is 0 Å². The van der Waals surface area contributed by atoms with Gasteiger partial charge in [-0.1, -0.05) is 6.07 Å². The maximum absolute atomic E-state index is 16.1. The number of nitrogens with one attached hydrogen (secondary N) is 1. The number of benzene rings is 2. The topological polar surface area (TPSA) is 54.5 Å². The Labute approximate surface area is 205 Å². The van der Waals surface area contributed by atoms with Crippen LogP contribution >= 0.6 is 0 Å². The number of hydrogen-bond donors (Lipinski definition) is 1. The molecule has 0 aliphatic carbocycles. The summed E-state index contributed by atoms with van der Waals surface area (Å²) in [5.74, 6) is -1.15. The number of anilines is 1. The molecule has 2 unspecified atom stereocenters. The Morgan fingerprint density at radius 3 is 2.31 bits per heavy atom. The van der Waals surface area contributed by atoms with Gasteiger partial charge in [0.1, 0.15) is 5.82 Å². The highest BCUT2D eigenvalue weighted by Crippen LogP contribution is 2.33. The molecule has 1 amide bonds. The van der Waals surface area contributed by atoms with Gasteiger partial charge >= 0.3 is 0 Å². The van der Waals surface area contributed by atoms with E-state index in [0.29, 0.717) is 41.0 Å². The standard InChI is InChI=1S/C28H31F2N3O2/c1-16-10-22(29)6-7-23(16)28(34)31-13-25-24(21-11-17(2)32-18(3)12-21)8-9-26(27(25)30)33-14-19(4)35-20(5)15-33/h6-12,19-20H,13-15H2,1-5H3,(H,31,34). The van der Waals surface area contributed by atoms with Gasteiger partial charge in [0.25, 0.3) is 5.91 Å². The second kappa shape index (κ2) is 10.1. The Morgan fingerprint density at radius 2 is 1.69 bits per heavy atom. The van der Waals surface area contributed by atoms with Crippen LogP contribution in [0.1, 0.15) is 46.7 Å². The fraction of sp³-hybridized carbons (Fsp3) is 0.357. The molecule has 0 bridgehead atoms. The molecule has 1 aliphatic rings. The third-order valence-electron chi connectivity index (χ3n) is 6.23. The van der Waals surface area contributed by atoms with E-state index in [1.165, 1.54) is 18.2 Å². The molecule has 5 nitrogen and oxygen atoms in total. The minimum absolute atomic E-state index is 0.0134. The van der Waals surface area contributed by atoms with Crippen LogP contribution in [0.15, 0.2) is 42.5 Å². The predicted molar refractivity (Wildman–Crippen MR) is 134 cm³/mol. The van der Waals surface area contributed by atoms with Crippen molar-refractivity contribution >= 4 is 11.6 Å². The predicted octanol–water partition coefficient (Wildman–Crippen LogP) is 5.50. The zero-order chi connectivity index (χ0) is 25.3. The van der Waals surface area contributed by atoms with E-state index in [2.05, 4.69) is 10.3 Å². The third-order valence-corrected chi connectivity index (χ3v) is 6.23. The van der Waals surface area contributed by atoms with Crippen LogP contribution in [0.4, 0.5) is 14.5 Å². The lowest BCUT2D eigenvalue weighted by Gasteiger charge is -2.37. The van der Waals surface area contributed by atoms with E-state index >= 15 is 4.39 Å². The van der Waals surface area contributed by atoms with Crippen LogP contribution in [0.3, 0.4) is 0 Å². The van der Waals surface area contributed by atoms with Gasteiger partial charge in [-0.05, 0) is 87.7 Å². The van der Waals surface area contributed by atoms with Gasteiger partial charge in [0, 0.05) is 42.1 Å². The zero-order valence-corrected chi connectivity index (χ0v) is 20.8. The second-order valence-electron chi connectivity index (χ2n) is 9.37. The summed E-state index contributed by atoms with van der Waals surface area (Å²) in [5, 5.41) is 2.84. The lowest BCUT2D eigenvalue weighted by molar-refractivity contribution is -0.00540. The van der Waals surface area contributed by atoms with Crippen molar-refractivity contribution < 1.29 is 18.3 Å². The zero-order valence-electron chi connectivity index (χ0n) is 20.8. The number of amides is 1. The number of carbonyl (C=O) groups excluding carboxylic acids is 1. The molecule has 4 rings (SSSR count). The molecule has 7 heteroatoms. The van der Waals surface area contributed by atoms with Crippen LogP contribution in [-0.4, -0.2) is 36.2 Å². The number of pyridine rings is 1. The van der Waals surface area contributed by atoms with Crippen molar-refractivity contribution in [2.75, 3.05) is 18.0 Å². The molecular formula is C28H31F2N3O2. The largest absolute Gasteiger partial charge is 0.372 e. The Balaban J connectivity index is 1.73. The molecule has 0 radical (unpaired) electrons. The van der Waals surface area contributed by atoms with Crippen LogP contribution < -0.4 is 10.2 Å². The minimum atomic E-state index is -0.405. The van der Waals surface area contributed by atoms with Gasteiger partial charge in [0.05, 0.1) is 17.9 Å². The van der Waals surface area contributed by atoms with Gasteiger partial charge in [-0.25, -0.2) is 8.78 Å². The van der Waals surface area contributed by atoms with E-state index in [1.807, 2.05) is 50.8 Å². The summed E-state index contributed by atoms with van der Waals surface area (Å²) in [7, 11) is 0. The molecule has 2 atom stereocenters. The van der Waals surface area contributed by atoms with Crippen molar-refractivity contribution in [3.63, 3.8) is 0 Å². The summed E-state index contributed by atoms with van der Waals surface area (Å²) in [6.45, 7) is 10.6. The van der Waals surface area contributed by atoms with E-state index in [1.54, 1.807) is 13.0 Å². The smallest absolute Gasteiger partial charge is 0.251 e. The molecule has 2 heterocycles. The molecule has 184 valence electrons. The van der Waals surface area contributed by atoms with Crippen LogP contribution in [0.25, 0.3) is 11.1 Å². The first-order valence-corrected chi connectivity index (χ1v) is 11.8. The Kier molecular flexibility index (Phi) is 7.17. The highest BCUT2D eigenvalue weighted by Gasteiger charge is 2.26. The first kappa shape index (κ1) is 24.8. The van der Waals surface area contributed by atoms with E-state index < -0.39 is 5.82 Å². The maximum atomic E-state index is 16.1.